The highest BCUT2D eigenvalue weighted by atomic mass is 16.2. The first-order valence-corrected chi connectivity index (χ1v) is 5.28. The number of carbonyl (C=O) groups excluding carboxylic acids is 2. The molecule has 1 heterocycles. The maximum absolute atomic E-state index is 11.5. The van der Waals surface area contributed by atoms with Gasteiger partial charge in [0.1, 0.15) is 0 Å². The van der Waals surface area contributed by atoms with Crippen molar-refractivity contribution in [3.05, 3.63) is 0 Å². The van der Waals surface area contributed by atoms with E-state index in [-0.39, 0.29) is 18.4 Å². The molecular formula is C10H18N2O2. The van der Waals surface area contributed by atoms with Crippen molar-refractivity contribution in [1.29, 1.82) is 0 Å². The number of likely N-dealkylation sites (tertiary alicyclic amines) is 1. The molecular weight excluding hydrogens is 180 g/mol. The third kappa shape index (κ3) is 3.36. The van der Waals surface area contributed by atoms with E-state index in [1.165, 1.54) is 0 Å². The van der Waals surface area contributed by atoms with Crippen LogP contribution in [0.1, 0.15) is 32.6 Å². The molecule has 0 aromatic rings. The Bertz CT molecular complexity index is 210. The maximum Gasteiger partial charge on any atom is 0.241 e. The first-order chi connectivity index (χ1) is 6.74. The molecule has 1 aliphatic rings. The summed E-state index contributed by atoms with van der Waals surface area (Å²) in [7, 11) is 0. The summed E-state index contributed by atoms with van der Waals surface area (Å²) in [5.41, 5.74) is 0. The Kier molecular flexibility index (Phi) is 4.43. The van der Waals surface area contributed by atoms with E-state index in [9.17, 15) is 9.59 Å². The lowest BCUT2D eigenvalue weighted by Gasteiger charge is -2.15. The van der Waals surface area contributed by atoms with Gasteiger partial charge in [0.15, 0.2) is 0 Å². The van der Waals surface area contributed by atoms with Gasteiger partial charge in [0.25, 0.3) is 0 Å². The van der Waals surface area contributed by atoms with Crippen LogP contribution in [0.5, 0.6) is 0 Å². The molecule has 0 radical (unpaired) electrons. The predicted octanol–water partition coefficient (Wildman–Crippen LogP) is 0.525. The molecule has 0 aromatic carbocycles. The third-order valence-corrected chi connectivity index (χ3v) is 2.37. The van der Waals surface area contributed by atoms with Gasteiger partial charge in [0.05, 0.1) is 6.54 Å². The predicted molar refractivity (Wildman–Crippen MR) is 53.7 cm³/mol. The molecule has 2 amide bonds. The normalized spacial score (nSPS) is 15.6. The van der Waals surface area contributed by atoms with Crippen LogP contribution in [0.15, 0.2) is 0 Å². The van der Waals surface area contributed by atoms with Crippen molar-refractivity contribution < 1.29 is 9.59 Å². The fourth-order valence-electron chi connectivity index (χ4n) is 1.57. The molecule has 0 unspecified atom stereocenters. The van der Waals surface area contributed by atoms with Crippen LogP contribution < -0.4 is 5.32 Å². The molecule has 1 fully saturated rings. The number of amides is 2. The Balaban J connectivity index is 2.17. The number of rotatable bonds is 4. The molecule has 80 valence electrons. The summed E-state index contributed by atoms with van der Waals surface area (Å²) in [5.74, 6) is 0.0204. The molecule has 0 spiro atoms. The van der Waals surface area contributed by atoms with E-state index in [0.29, 0.717) is 6.42 Å². The van der Waals surface area contributed by atoms with Crippen molar-refractivity contribution in [2.45, 2.75) is 32.6 Å². The molecule has 0 bridgehead atoms. The van der Waals surface area contributed by atoms with Crippen LogP contribution in [-0.2, 0) is 9.59 Å². The van der Waals surface area contributed by atoms with Gasteiger partial charge in [-0.2, -0.15) is 0 Å². The summed E-state index contributed by atoms with van der Waals surface area (Å²) in [6.45, 7) is 3.81. The maximum atomic E-state index is 11.5. The zero-order valence-corrected chi connectivity index (χ0v) is 8.71. The van der Waals surface area contributed by atoms with Gasteiger partial charge in [-0.3, -0.25) is 9.59 Å². The third-order valence-electron chi connectivity index (χ3n) is 2.37. The summed E-state index contributed by atoms with van der Waals surface area (Å²) < 4.78 is 0. The lowest BCUT2D eigenvalue weighted by molar-refractivity contribution is -0.132. The van der Waals surface area contributed by atoms with Crippen LogP contribution in [0.25, 0.3) is 0 Å². The Morgan fingerprint density at radius 1 is 1.29 bits per heavy atom. The molecule has 1 N–H and O–H groups in total. The van der Waals surface area contributed by atoms with Crippen molar-refractivity contribution in [3.8, 4) is 0 Å². The monoisotopic (exact) mass is 198 g/mol. The fraction of sp³-hybridized carbons (Fsp3) is 0.800. The fourth-order valence-corrected chi connectivity index (χ4v) is 1.57. The van der Waals surface area contributed by atoms with Gasteiger partial charge in [-0.05, 0) is 19.3 Å². The SMILES string of the molecule is CCCC(=O)NCC(=O)N1CCCC1. The summed E-state index contributed by atoms with van der Waals surface area (Å²) in [6, 6.07) is 0. The van der Waals surface area contributed by atoms with Crippen molar-refractivity contribution >= 4 is 11.8 Å². The lowest BCUT2D eigenvalue weighted by Crippen LogP contribution is -2.38. The van der Waals surface area contributed by atoms with Crippen LogP contribution in [-0.4, -0.2) is 36.3 Å². The first-order valence-electron chi connectivity index (χ1n) is 5.28. The standard InChI is InChI=1S/C10H18N2O2/c1-2-5-9(13)11-8-10(14)12-6-3-4-7-12/h2-8H2,1H3,(H,11,13). The van der Waals surface area contributed by atoms with Crippen LogP contribution >= 0.6 is 0 Å². The van der Waals surface area contributed by atoms with E-state index in [4.69, 9.17) is 0 Å². The summed E-state index contributed by atoms with van der Waals surface area (Å²) in [5, 5.41) is 2.63. The van der Waals surface area contributed by atoms with E-state index in [1.54, 1.807) is 0 Å². The Hall–Kier alpha value is -1.06. The average Bonchev–Trinajstić information content (AvgIpc) is 2.67. The molecule has 1 saturated heterocycles. The number of hydrogen-bond acceptors (Lipinski definition) is 2. The van der Waals surface area contributed by atoms with Crippen LogP contribution in [0, 0.1) is 0 Å². The second-order valence-electron chi connectivity index (χ2n) is 3.61. The quantitative estimate of drug-likeness (QED) is 0.716. The Labute approximate surface area is 84.7 Å². The zero-order valence-electron chi connectivity index (χ0n) is 8.71. The van der Waals surface area contributed by atoms with Crippen molar-refractivity contribution in [2.75, 3.05) is 19.6 Å². The molecule has 0 saturated carbocycles. The molecule has 0 aliphatic carbocycles. The smallest absolute Gasteiger partial charge is 0.241 e. The van der Waals surface area contributed by atoms with Crippen molar-refractivity contribution in [2.24, 2.45) is 0 Å². The lowest BCUT2D eigenvalue weighted by atomic mass is 10.3. The first kappa shape index (κ1) is 11.0. The second kappa shape index (κ2) is 5.62. The van der Waals surface area contributed by atoms with E-state index >= 15 is 0 Å². The van der Waals surface area contributed by atoms with Gasteiger partial charge in [-0.25, -0.2) is 0 Å². The van der Waals surface area contributed by atoms with Gasteiger partial charge >= 0.3 is 0 Å². The molecule has 0 atom stereocenters. The Morgan fingerprint density at radius 3 is 2.50 bits per heavy atom. The second-order valence-corrected chi connectivity index (χ2v) is 3.61. The van der Waals surface area contributed by atoms with Crippen molar-refractivity contribution in [3.63, 3.8) is 0 Å². The molecule has 4 heteroatoms. The molecule has 4 nitrogen and oxygen atoms in total. The van der Waals surface area contributed by atoms with Gasteiger partial charge in [-0.1, -0.05) is 6.92 Å². The van der Waals surface area contributed by atoms with Crippen LogP contribution in [0.4, 0.5) is 0 Å². The largest absolute Gasteiger partial charge is 0.347 e. The zero-order chi connectivity index (χ0) is 10.4. The minimum atomic E-state index is -0.0277. The minimum Gasteiger partial charge on any atom is -0.347 e. The van der Waals surface area contributed by atoms with Gasteiger partial charge in [-0.15, -0.1) is 0 Å². The highest BCUT2D eigenvalue weighted by molar-refractivity contribution is 5.84. The summed E-state index contributed by atoms with van der Waals surface area (Å²) >= 11 is 0. The molecule has 1 aliphatic heterocycles. The van der Waals surface area contributed by atoms with E-state index < -0.39 is 0 Å². The Morgan fingerprint density at radius 2 is 1.93 bits per heavy atom. The van der Waals surface area contributed by atoms with Crippen LogP contribution in [0.2, 0.25) is 0 Å². The topological polar surface area (TPSA) is 49.4 Å². The highest BCUT2D eigenvalue weighted by Crippen LogP contribution is 2.06. The highest BCUT2D eigenvalue weighted by Gasteiger charge is 2.17. The molecule has 14 heavy (non-hydrogen) atoms. The van der Waals surface area contributed by atoms with Crippen LogP contribution in [0.3, 0.4) is 0 Å². The summed E-state index contributed by atoms with van der Waals surface area (Å²) in [6.07, 6.45) is 3.51. The van der Waals surface area contributed by atoms with Gasteiger partial charge in [0, 0.05) is 19.5 Å². The van der Waals surface area contributed by atoms with Crippen molar-refractivity contribution in [1.82, 2.24) is 10.2 Å². The van der Waals surface area contributed by atoms with E-state index in [0.717, 1.165) is 32.4 Å². The molecule has 0 aromatic heterocycles. The number of nitrogens with one attached hydrogen (secondary N) is 1. The number of carbonyl (C=O) groups is 2. The summed E-state index contributed by atoms with van der Waals surface area (Å²) in [4.78, 5) is 24.4. The minimum absolute atomic E-state index is 0.0277. The molecule has 1 rings (SSSR count). The number of hydrogen-bond donors (Lipinski definition) is 1. The van der Waals surface area contributed by atoms with E-state index in [1.807, 2.05) is 11.8 Å². The van der Waals surface area contributed by atoms with Gasteiger partial charge < -0.3 is 10.2 Å². The van der Waals surface area contributed by atoms with Gasteiger partial charge in [0.2, 0.25) is 11.8 Å². The average molecular weight is 198 g/mol. The number of nitrogens with zero attached hydrogens (tertiary/aromatic N) is 1. The van der Waals surface area contributed by atoms with E-state index in [2.05, 4.69) is 5.32 Å².